The molecule has 2 atom stereocenters. The molecule has 0 aromatic carbocycles. The van der Waals surface area contributed by atoms with Gasteiger partial charge in [-0.3, -0.25) is 9.59 Å². The van der Waals surface area contributed by atoms with E-state index >= 15 is 0 Å². The molecule has 0 aromatic heterocycles. The smallest absolute Gasteiger partial charge is 0.220 e. The number of nitrogens with two attached hydrogens (primary N) is 2. The summed E-state index contributed by atoms with van der Waals surface area (Å²) < 4.78 is 0. The lowest BCUT2D eigenvalue weighted by molar-refractivity contribution is -0.133. The van der Waals surface area contributed by atoms with Crippen LogP contribution < -0.4 is 11.5 Å². The summed E-state index contributed by atoms with van der Waals surface area (Å²) in [5.74, 6) is -0.145. The Bertz CT molecular complexity index is 275. The Morgan fingerprint density at radius 2 is 1.25 bits per heavy atom. The zero-order valence-corrected chi connectivity index (χ0v) is 9.52. The Labute approximate surface area is 95.7 Å². The van der Waals surface area contributed by atoms with Gasteiger partial charge in [0.2, 0.25) is 11.8 Å². The number of primary amides is 2. The molecule has 2 fully saturated rings. The Morgan fingerprint density at radius 1 is 0.812 bits per heavy atom. The molecular formula is C12H20N2O2. The van der Waals surface area contributed by atoms with Crippen LogP contribution >= 0.6 is 0 Å². The number of fused-ring (bicyclic) bond motifs is 1. The molecule has 0 bridgehead atoms. The van der Waals surface area contributed by atoms with Gasteiger partial charge in [0.25, 0.3) is 0 Å². The second-order valence-electron chi connectivity index (χ2n) is 5.22. The zero-order valence-electron chi connectivity index (χ0n) is 9.52. The number of amides is 2. The maximum absolute atomic E-state index is 11.4. The molecule has 0 aromatic rings. The summed E-state index contributed by atoms with van der Waals surface area (Å²) in [5, 5.41) is 0. The topological polar surface area (TPSA) is 86.2 Å². The molecular weight excluding hydrogens is 204 g/mol. The maximum Gasteiger partial charge on any atom is 0.220 e. The van der Waals surface area contributed by atoms with E-state index in [1.807, 2.05) is 0 Å². The number of carbonyl (C=O) groups excluding carboxylic acids is 2. The zero-order chi connectivity index (χ0) is 11.7. The van der Waals surface area contributed by atoms with Crippen LogP contribution in [0, 0.1) is 23.7 Å². The molecule has 4 nitrogen and oxygen atoms in total. The van der Waals surface area contributed by atoms with Gasteiger partial charge in [-0.2, -0.15) is 0 Å². The molecule has 2 amide bonds. The maximum atomic E-state index is 11.4. The predicted molar refractivity (Wildman–Crippen MR) is 60.1 cm³/mol. The van der Waals surface area contributed by atoms with Gasteiger partial charge in [-0.05, 0) is 24.7 Å². The molecule has 90 valence electrons. The normalized spacial score (nSPS) is 38.8. The lowest BCUT2D eigenvalue weighted by Gasteiger charge is -2.43. The van der Waals surface area contributed by atoms with Gasteiger partial charge < -0.3 is 11.5 Å². The summed E-state index contributed by atoms with van der Waals surface area (Å²) in [7, 11) is 0. The summed E-state index contributed by atoms with van der Waals surface area (Å²) in [6.45, 7) is 0. The third-order valence-electron chi connectivity index (χ3n) is 4.38. The van der Waals surface area contributed by atoms with E-state index in [0.717, 1.165) is 38.5 Å². The Kier molecular flexibility index (Phi) is 3.17. The summed E-state index contributed by atoms with van der Waals surface area (Å²) in [6.07, 6.45) is 6.03. The van der Waals surface area contributed by atoms with E-state index in [2.05, 4.69) is 0 Å². The van der Waals surface area contributed by atoms with Gasteiger partial charge in [0.1, 0.15) is 0 Å². The van der Waals surface area contributed by atoms with Crippen molar-refractivity contribution in [3.63, 3.8) is 0 Å². The molecule has 2 rings (SSSR count). The molecule has 0 aliphatic heterocycles. The van der Waals surface area contributed by atoms with Gasteiger partial charge >= 0.3 is 0 Å². The van der Waals surface area contributed by atoms with E-state index in [9.17, 15) is 9.59 Å². The van der Waals surface area contributed by atoms with Crippen LogP contribution in [-0.4, -0.2) is 11.8 Å². The standard InChI is InChI=1S/C12H20N2O2/c13-11(15)8-5-1-3-7-4-2-6-9(10(7)8)12(14)16/h7-10H,1-6H2,(H2,13,15)(H2,14,16). The molecule has 2 saturated carbocycles. The number of hydrogen-bond acceptors (Lipinski definition) is 2. The highest BCUT2D eigenvalue weighted by atomic mass is 16.1. The van der Waals surface area contributed by atoms with Gasteiger partial charge in [-0.25, -0.2) is 0 Å². The number of rotatable bonds is 2. The van der Waals surface area contributed by atoms with Crippen LogP contribution in [-0.2, 0) is 9.59 Å². The van der Waals surface area contributed by atoms with Crippen LogP contribution in [0.5, 0.6) is 0 Å². The van der Waals surface area contributed by atoms with E-state index < -0.39 is 0 Å². The van der Waals surface area contributed by atoms with Crippen molar-refractivity contribution < 1.29 is 9.59 Å². The second-order valence-corrected chi connectivity index (χ2v) is 5.22. The van der Waals surface area contributed by atoms with Crippen LogP contribution in [0.1, 0.15) is 38.5 Å². The molecule has 0 saturated heterocycles. The minimum Gasteiger partial charge on any atom is -0.369 e. The fourth-order valence-corrected chi connectivity index (χ4v) is 3.72. The highest BCUT2D eigenvalue weighted by molar-refractivity contribution is 5.81. The Balaban J connectivity index is 2.22. The Morgan fingerprint density at radius 3 is 1.62 bits per heavy atom. The van der Waals surface area contributed by atoms with E-state index in [4.69, 9.17) is 11.5 Å². The van der Waals surface area contributed by atoms with Crippen LogP contribution in [0.2, 0.25) is 0 Å². The van der Waals surface area contributed by atoms with Crippen molar-refractivity contribution in [2.75, 3.05) is 0 Å². The number of hydrogen-bond donors (Lipinski definition) is 2. The average Bonchev–Trinajstić information content (AvgIpc) is 2.27. The summed E-state index contributed by atoms with van der Waals surface area (Å²) >= 11 is 0. The van der Waals surface area contributed by atoms with E-state index in [0.29, 0.717) is 5.92 Å². The van der Waals surface area contributed by atoms with Gasteiger partial charge in [0.15, 0.2) is 0 Å². The van der Waals surface area contributed by atoms with Crippen molar-refractivity contribution >= 4 is 11.8 Å². The van der Waals surface area contributed by atoms with Crippen molar-refractivity contribution in [3.05, 3.63) is 0 Å². The highest BCUT2D eigenvalue weighted by Gasteiger charge is 2.44. The van der Waals surface area contributed by atoms with Crippen molar-refractivity contribution in [3.8, 4) is 0 Å². The van der Waals surface area contributed by atoms with Crippen molar-refractivity contribution in [2.45, 2.75) is 38.5 Å². The lowest BCUT2D eigenvalue weighted by atomic mass is 9.60. The first kappa shape index (κ1) is 11.4. The van der Waals surface area contributed by atoms with Crippen molar-refractivity contribution in [1.29, 1.82) is 0 Å². The second kappa shape index (κ2) is 4.44. The van der Waals surface area contributed by atoms with Crippen LogP contribution in [0.25, 0.3) is 0 Å². The highest BCUT2D eigenvalue weighted by Crippen LogP contribution is 2.46. The first-order valence-corrected chi connectivity index (χ1v) is 6.20. The fourth-order valence-electron chi connectivity index (χ4n) is 3.72. The molecule has 16 heavy (non-hydrogen) atoms. The molecule has 0 radical (unpaired) electrons. The molecule has 4 heteroatoms. The molecule has 2 aliphatic carbocycles. The van der Waals surface area contributed by atoms with Gasteiger partial charge in [-0.1, -0.05) is 25.7 Å². The largest absolute Gasteiger partial charge is 0.369 e. The minimum atomic E-state index is -0.247. The minimum absolute atomic E-state index is 0.123. The van der Waals surface area contributed by atoms with E-state index in [-0.39, 0.29) is 29.6 Å². The van der Waals surface area contributed by atoms with Crippen molar-refractivity contribution in [1.82, 2.24) is 0 Å². The lowest BCUT2D eigenvalue weighted by Crippen LogP contribution is -2.47. The molecule has 0 spiro atoms. The first-order valence-electron chi connectivity index (χ1n) is 6.20. The van der Waals surface area contributed by atoms with E-state index in [1.165, 1.54) is 0 Å². The summed E-state index contributed by atoms with van der Waals surface area (Å²) in [6, 6.07) is 0. The van der Waals surface area contributed by atoms with Gasteiger partial charge in [-0.15, -0.1) is 0 Å². The van der Waals surface area contributed by atoms with Crippen molar-refractivity contribution in [2.24, 2.45) is 35.1 Å². The summed E-state index contributed by atoms with van der Waals surface area (Å²) in [4.78, 5) is 22.9. The first-order chi connectivity index (χ1) is 7.61. The van der Waals surface area contributed by atoms with Crippen LogP contribution in [0.4, 0.5) is 0 Å². The average molecular weight is 224 g/mol. The molecule has 2 unspecified atom stereocenters. The van der Waals surface area contributed by atoms with Crippen LogP contribution in [0.3, 0.4) is 0 Å². The third-order valence-corrected chi connectivity index (χ3v) is 4.38. The Hall–Kier alpha value is -1.06. The molecule has 0 heterocycles. The number of carbonyl (C=O) groups is 2. The predicted octanol–water partition coefficient (Wildman–Crippen LogP) is 0.790. The molecule has 2 aliphatic rings. The third kappa shape index (κ3) is 1.93. The fraction of sp³-hybridized carbons (Fsp3) is 0.833. The monoisotopic (exact) mass is 224 g/mol. The van der Waals surface area contributed by atoms with Crippen LogP contribution in [0.15, 0.2) is 0 Å². The summed E-state index contributed by atoms with van der Waals surface area (Å²) in [5.41, 5.74) is 10.9. The van der Waals surface area contributed by atoms with Gasteiger partial charge in [0, 0.05) is 11.8 Å². The van der Waals surface area contributed by atoms with E-state index in [1.54, 1.807) is 0 Å². The SMILES string of the molecule is NC(=O)C1CCCC2CCCC(C(N)=O)C21. The van der Waals surface area contributed by atoms with Gasteiger partial charge in [0.05, 0.1) is 0 Å². The quantitative estimate of drug-likeness (QED) is 0.726. The molecule has 4 N–H and O–H groups in total.